The van der Waals surface area contributed by atoms with Crippen molar-refractivity contribution >= 4 is 5.91 Å². The summed E-state index contributed by atoms with van der Waals surface area (Å²) < 4.78 is 25.4. The van der Waals surface area contributed by atoms with Crippen molar-refractivity contribution in [1.82, 2.24) is 4.90 Å². The number of carbonyl (C=O) groups excluding carboxylic acids is 1. The molecule has 2 atom stereocenters. The van der Waals surface area contributed by atoms with Crippen LogP contribution in [0.1, 0.15) is 20.3 Å². The molecule has 3 nitrogen and oxygen atoms in total. The number of hydrogen-bond acceptors (Lipinski definition) is 2. The van der Waals surface area contributed by atoms with E-state index in [9.17, 15) is 13.6 Å². The summed E-state index contributed by atoms with van der Waals surface area (Å²) in [6, 6.07) is 0.0181. The van der Waals surface area contributed by atoms with E-state index in [4.69, 9.17) is 5.73 Å². The first-order valence-electron chi connectivity index (χ1n) is 4.75. The Hall–Kier alpha value is -0.710. The zero-order chi connectivity index (χ0) is 10.9. The summed E-state index contributed by atoms with van der Waals surface area (Å²) in [6.07, 6.45) is 0.600. The van der Waals surface area contributed by atoms with Crippen LogP contribution in [0.5, 0.6) is 0 Å². The Labute approximate surface area is 82.2 Å². The molecular formula is C9H16F2N2O. The maximum atomic E-state index is 12.7. The van der Waals surface area contributed by atoms with Gasteiger partial charge in [0.25, 0.3) is 5.91 Å². The maximum absolute atomic E-state index is 12.7. The number of nitrogens with two attached hydrogens (primary N) is 1. The van der Waals surface area contributed by atoms with E-state index in [-0.39, 0.29) is 12.0 Å². The van der Waals surface area contributed by atoms with E-state index in [2.05, 4.69) is 0 Å². The zero-order valence-electron chi connectivity index (χ0n) is 8.46. The third-order valence-corrected chi connectivity index (χ3v) is 2.63. The highest BCUT2D eigenvalue weighted by Crippen LogP contribution is 2.21. The minimum atomic E-state index is -3.26. The smallest absolute Gasteiger partial charge is 0.322 e. The monoisotopic (exact) mass is 206 g/mol. The summed E-state index contributed by atoms with van der Waals surface area (Å²) in [5.74, 6) is -4.26. The first-order valence-corrected chi connectivity index (χ1v) is 4.75. The van der Waals surface area contributed by atoms with E-state index >= 15 is 0 Å². The van der Waals surface area contributed by atoms with Gasteiger partial charge in [0.2, 0.25) is 0 Å². The fourth-order valence-corrected chi connectivity index (χ4v) is 1.63. The molecule has 1 aliphatic heterocycles. The second-order valence-electron chi connectivity index (χ2n) is 4.07. The number of alkyl halides is 2. The number of carbonyl (C=O) groups is 1. The standard InChI is InChI=1S/C9H16F2N2O/c1-6-5-13(4-3-7(6)12)8(14)9(2,10)11/h6-7H,3-5,12H2,1-2H3. The average Bonchev–Trinajstić information content (AvgIpc) is 2.07. The van der Waals surface area contributed by atoms with Crippen molar-refractivity contribution in [2.45, 2.75) is 32.2 Å². The van der Waals surface area contributed by atoms with E-state index in [1.807, 2.05) is 6.92 Å². The van der Waals surface area contributed by atoms with Crippen molar-refractivity contribution in [2.75, 3.05) is 13.1 Å². The van der Waals surface area contributed by atoms with Gasteiger partial charge >= 0.3 is 5.92 Å². The number of nitrogens with zero attached hydrogens (tertiary/aromatic N) is 1. The fourth-order valence-electron chi connectivity index (χ4n) is 1.63. The first-order chi connectivity index (χ1) is 6.32. The topological polar surface area (TPSA) is 46.3 Å². The van der Waals surface area contributed by atoms with E-state index < -0.39 is 11.8 Å². The number of halogens is 2. The molecule has 2 N–H and O–H groups in total. The second kappa shape index (κ2) is 3.81. The zero-order valence-corrected chi connectivity index (χ0v) is 8.46. The molecule has 1 fully saturated rings. The van der Waals surface area contributed by atoms with Crippen molar-refractivity contribution in [3.63, 3.8) is 0 Å². The normalized spacial score (nSPS) is 29.1. The predicted octanol–water partition coefficient (Wildman–Crippen LogP) is 0.837. The van der Waals surface area contributed by atoms with Gasteiger partial charge in [-0.1, -0.05) is 6.92 Å². The van der Waals surface area contributed by atoms with Crippen LogP contribution in [0.25, 0.3) is 0 Å². The predicted molar refractivity (Wildman–Crippen MR) is 49.0 cm³/mol. The minimum Gasteiger partial charge on any atom is -0.337 e. The summed E-state index contributed by atoms with van der Waals surface area (Å²) in [7, 11) is 0. The van der Waals surface area contributed by atoms with Gasteiger partial charge in [0.15, 0.2) is 0 Å². The van der Waals surface area contributed by atoms with Crippen molar-refractivity contribution in [1.29, 1.82) is 0 Å². The van der Waals surface area contributed by atoms with Crippen molar-refractivity contribution < 1.29 is 13.6 Å². The number of amides is 1. The van der Waals surface area contributed by atoms with E-state index in [1.165, 1.54) is 4.90 Å². The molecule has 0 aromatic rings. The molecule has 82 valence electrons. The third kappa shape index (κ3) is 2.41. The van der Waals surface area contributed by atoms with Gasteiger partial charge in [-0.25, -0.2) is 0 Å². The summed E-state index contributed by atoms with van der Waals surface area (Å²) in [5, 5.41) is 0. The van der Waals surface area contributed by atoms with Crippen LogP contribution in [0.3, 0.4) is 0 Å². The Balaban J connectivity index is 2.59. The summed E-state index contributed by atoms with van der Waals surface area (Å²) in [4.78, 5) is 12.4. The Morgan fingerprint density at radius 1 is 1.57 bits per heavy atom. The molecule has 1 heterocycles. The quantitative estimate of drug-likeness (QED) is 0.691. The molecular weight excluding hydrogens is 190 g/mol. The summed E-state index contributed by atoms with van der Waals surface area (Å²) >= 11 is 0. The van der Waals surface area contributed by atoms with Crippen LogP contribution < -0.4 is 5.73 Å². The summed E-state index contributed by atoms with van der Waals surface area (Å²) in [5.41, 5.74) is 5.72. The molecule has 2 unspecified atom stereocenters. The van der Waals surface area contributed by atoms with Crippen molar-refractivity contribution in [3.05, 3.63) is 0 Å². The molecule has 14 heavy (non-hydrogen) atoms. The Morgan fingerprint density at radius 2 is 2.14 bits per heavy atom. The van der Waals surface area contributed by atoms with Crippen LogP contribution in [-0.2, 0) is 4.79 Å². The van der Waals surface area contributed by atoms with Gasteiger partial charge in [-0.15, -0.1) is 0 Å². The molecule has 0 spiro atoms. The minimum absolute atomic E-state index is 0.0181. The first kappa shape index (κ1) is 11.4. The van der Waals surface area contributed by atoms with Gasteiger partial charge in [-0.3, -0.25) is 4.79 Å². The van der Waals surface area contributed by atoms with Crippen LogP contribution in [0, 0.1) is 5.92 Å². The van der Waals surface area contributed by atoms with Crippen molar-refractivity contribution in [2.24, 2.45) is 11.7 Å². The Morgan fingerprint density at radius 3 is 2.57 bits per heavy atom. The average molecular weight is 206 g/mol. The highest BCUT2D eigenvalue weighted by molar-refractivity contribution is 5.83. The summed E-state index contributed by atoms with van der Waals surface area (Å²) in [6.45, 7) is 3.18. The van der Waals surface area contributed by atoms with Crippen LogP contribution >= 0.6 is 0 Å². The SMILES string of the molecule is CC1CN(C(=O)C(C)(F)F)CCC1N. The number of rotatable bonds is 1. The van der Waals surface area contributed by atoms with Gasteiger partial charge in [-0.2, -0.15) is 8.78 Å². The van der Waals surface area contributed by atoms with Crippen LogP contribution in [0.2, 0.25) is 0 Å². The van der Waals surface area contributed by atoms with Gasteiger partial charge in [0, 0.05) is 26.1 Å². The van der Waals surface area contributed by atoms with Crippen LogP contribution in [-0.4, -0.2) is 35.9 Å². The molecule has 0 aliphatic carbocycles. The molecule has 0 aromatic heterocycles. The second-order valence-corrected chi connectivity index (χ2v) is 4.07. The molecule has 1 saturated heterocycles. The number of hydrogen-bond donors (Lipinski definition) is 1. The van der Waals surface area contributed by atoms with Crippen LogP contribution in [0.15, 0.2) is 0 Å². The number of piperidine rings is 1. The van der Waals surface area contributed by atoms with Gasteiger partial charge < -0.3 is 10.6 Å². The molecule has 1 rings (SSSR count). The molecule has 5 heteroatoms. The maximum Gasteiger partial charge on any atom is 0.322 e. The van der Waals surface area contributed by atoms with Gasteiger partial charge in [0.1, 0.15) is 0 Å². The van der Waals surface area contributed by atoms with E-state index in [0.29, 0.717) is 26.4 Å². The molecule has 0 aromatic carbocycles. The van der Waals surface area contributed by atoms with Crippen LogP contribution in [0.4, 0.5) is 8.78 Å². The lowest BCUT2D eigenvalue weighted by Gasteiger charge is -2.36. The molecule has 1 aliphatic rings. The van der Waals surface area contributed by atoms with E-state index in [1.54, 1.807) is 0 Å². The highest BCUT2D eigenvalue weighted by Gasteiger charge is 2.38. The Kier molecular flexibility index (Phi) is 3.09. The largest absolute Gasteiger partial charge is 0.337 e. The Bertz CT molecular complexity index is 227. The lowest BCUT2D eigenvalue weighted by Crippen LogP contribution is -2.52. The highest BCUT2D eigenvalue weighted by atomic mass is 19.3. The molecule has 0 saturated carbocycles. The third-order valence-electron chi connectivity index (χ3n) is 2.63. The molecule has 1 amide bonds. The van der Waals surface area contributed by atoms with Gasteiger partial charge in [0.05, 0.1) is 0 Å². The molecule has 0 bridgehead atoms. The lowest BCUT2D eigenvalue weighted by atomic mass is 9.94. The number of likely N-dealkylation sites (tertiary alicyclic amines) is 1. The lowest BCUT2D eigenvalue weighted by molar-refractivity contribution is -0.156. The van der Waals surface area contributed by atoms with Gasteiger partial charge in [-0.05, 0) is 12.3 Å². The fraction of sp³-hybridized carbons (Fsp3) is 0.889. The van der Waals surface area contributed by atoms with Crippen molar-refractivity contribution in [3.8, 4) is 0 Å². The van der Waals surface area contributed by atoms with E-state index in [0.717, 1.165) is 0 Å². The molecule has 0 radical (unpaired) electrons.